The molecule has 0 aromatic carbocycles. The van der Waals surface area contributed by atoms with Crippen LogP contribution < -0.4 is 5.73 Å². The predicted octanol–water partition coefficient (Wildman–Crippen LogP) is 1.57. The molecule has 0 saturated heterocycles. The number of carbonyl (C=O) groups excluding carboxylic acids is 1. The molecule has 0 unspecified atom stereocenters. The van der Waals surface area contributed by atoms with Gasteiger partial charge in [-0.2, -0.15) is 0 Å². The zero-order valence-electron chi connectivity index (χ0n) is 8.96. The average molecular weight is 230 g/mol. The highest BCUT2D eigenvalue weighted by Crippen LogP contribution is 2.25. The highest BCUT2D eigenvalue weighted by molar-refractivity contribution is 5.92. The third kappa shape index (κ3) is 2.16. The first-order chi connectivity index (χ1) is 7.52. The number of pyridine rings is 1. The van der Waals surface area contributed by atoms with E-state index in [2.05, 4.69) is 9.72 Å². The van der Waals surface area contributed by atoms with Crippen molar-refractivity contribution in [3.05, 3.63) is 28.6 Å². The van der Waals surface area contributed by atoms with Crippen molar-refractivity contribution in [1.29, 1.82) is 0 Å². The van der Waals surface area contributed by atoms with Gasteiger partial charge in [-0.25, -0.2) is 13.6 Å². The van der Waals surface area contributed by atoms with Crippen LogP contribution in [0.15, 0.2) is 6.20 Å². The van der Waals surface area contributed by atoms with Crippen LogP contribution in [0.25, 0.3) is 0 Å². The van der Waals surface area contributed by atoms with Gasteiger partial charge < -0.3 is 10.5 Å². The summed E-state index contributed by atoms with van der Waals surface area (Å²) in [6, 6.07) is 0. The smallest absolute Gasteiger partial charge is 0.340 e. The van der Waals surface area contributed by atoms with E-state index < -0.39 is 18.1 Å². The molecule has 16 heavy (non-hydrogen) atoms. The van der Waals surface area contributed by atoms with Crippen molar-refractivity contribution in [1.82, 2.24) is 4.98 Å². The molecule has 0 aliphatic rings. The maximum atomic E-state index is 12.7. The largest absolute Gasteiger partial charge is 0.465 e. The van der Waals surface area contributed by atoms with E-state index >= 15 is 0 Å². The number of methoxy groups -OCH3 is 1. The van der Waals surface area contributed by atoms with Gasteiger partial charge in [0.15, 0.2) is 0 Å². The van der Waals surface area contributed by atoms with Crippen LogP contribution in [-0.2, 0) is 11.3 Å². The van der Waals surface area contributed by atoms with Crippen LogP contribution >= 0.6 is 0 Å². The fourth-order valence-corrected chi connectivity index (χ4v) is 1.42. The molecule has 0 spiro atoms. The molecule has 1 aromatic rings. The minimum Gasteiger partial charge on any atom is -0.465 e. The minimum absolute atomic E-state index is 0.0154. The van der Waals surface area contributed by atoms with E-state index in [-0.39, 0.29) is 12.1 Å². The maximum absolute atomic E-state index is 12.7. The molecule has 2 N–H and O–H groups in total. The Bertz CT molecular complexity index is 408. The molecule has 0 saturated carbocycles. The molecular weight excluding hydrogens is 218 g/mol. The number of hydrogen-bond acceptors (Lipinski definition) is 4. The Kier molecular flexibility index (Phi) is 3.89. The molecule has 0 aliphatic heterocycles. The lowest BCUT2D eigenvalue weighted by Crippen LogP contribution is -2.15. The van der Waals surface area contributed by atoms with Crippen LogP contribution in [0.4, 0.5) is 8.78 Å². The molecule has 1 aromatic heterocycles. The van der Waals surface area contributed by atoms with Gasteiger partial charge in [-0.05, 0) is 18.1 Å². The summed E-state index contributed by atoms with van der Waals surface area (Å²) in [5, 5.41) is 0. The number of aryl methyl sites for hydroxylation is 1. The van der Waals surface area contributed by atoms with Crippen molar-refractivity contribution in [2.75, 3.05) is 7.11 Å². The van der Waals surface area contributed by atoms with Crippen molar-refractivity contribution in [3.63, 3.8) is 0 Å². The van der Waals surface area contributed by atoms with E-state index in [4.69, 9.17) is 5.73 Å². The van der Waals surface area contributed by atoms with E-state index in [1.54, 1.807) is 6.92 Å². The zero-order chi connectivity index (χ0) is 12.3. The van der Waals surface area contributed by atoms with Gasteiger partial charge in [-0.3, -0.25) is 4.98 Å². The molecule has 0 aliphatic carbocycles. The van der Waals surface area contributed by atoms with E-state index in [9.17, 15) is 13.6 Å². The molecule has 0 fully saturated rings. The van der Waals surface area contributed by atoms with Crippen LogP contribution in [-0.4, -0.2) is 18.1 Å². The van der Waals surface area contributed by atoms with Gasteiger partial charge in [-0.15, -0.1) is 0 Å². The molecule has 0 bridgehead atoms. The average Bonchev–Trinajstić information content (AvgIpc) is 2.27. The summed E-state index contributed by atoms with van der Waals surface area (Å²) in [6.07, 6.45) is -1.56. The molecule has 88 valence electrons. The Morgan fingerprint density at radius 3 is 2.69 bits per heavy atom. The molecule has 0 atom stereocenters. The van der Waals surface area contributed by atoms with Crippen molar-refractivity contribution >= 4 is 5.97 Å². The lowest BCUT2D eigenvalue weighted by molar-refractivity contribution is 0.0585. The molecule has 4 nitrogen and oxygen atoms in total. The number of aromatic nitrogens is 1. The highest BCUT2D eigenvalue weighted by Gasteiger charge is 2.24. The number of rotatable bonds is 3. The quantitative estimate of drug-likeness (QED) is 0.800. The number of halogens is 2. The summed E-state index contributed by atoms with van der Waals surface area (Å²) in [4.78, 5) is 15.0. The number of carbonyl (C=O) groups is 1. The SMILES string of the molecule is COC(=O)c1c(C(F)F)ncc(C)c1CN. The third-order valence-electron chi connectivity index (χ3n) is 2.23. The Labute approximate surface area is 91.4 Å². The number of esters is 1. The van der Waals surface area contributed by atoms with E-state index in [0.29, 0.717) is 11.1 Å². The Hall–Kier alpha value is -1.56. The molecule has 0 amide bonds. The minimum atomic E-state index is -2.83. The molecule has 1 heterocycles. The summed E-state index contributed by atoms with van der Waals surface area (Å²) >= 11 is 0. The van der Waals surface area contributed by atoms with Crippen molar-refractivity contribution in [2.24, 2.45) is 5.73 Å². The first-order valence-electron chi connectivity index (χ1n) is 4.57. The van der Waals surface area contributed by atoms with Crippen LogP contribution in [0.1, 0.15) is 33.6 Å². The summed E-state index contributed by atoms with van der Waals surface area (Å²) in [5.41, 5.74) is 5.56. The molecular formula is C10H12F2N2O2. The van der Waals surface area contributed by atoms with Crippen molar-refractivity contribution < 1.29 is 18.3 Å². The molecule has 6 heteroatoms. The third-order valence-corrected chi connectivity index (χ3v) is 2.23. The van der Waals surface area contributed by atoms with Gasteiger partial charge in [0.05, 0.1) is 12.7 Å². The first-order valence-corrected chi connectivity index (χ1v) is 4.57. The van der Waals surface area contributed by atoms with E-state index in [0.717, 1.165) is 7.11 Å². The predicted molar refractivity (Wildman–Crippen MR) is 53.2 cm³/mol. The van der Waals surface area contributed by atoms with Gasteiger partial charge in [-0.1, -0.05) is 0 Å². The number of hydrogen-bond donors (Lipinski definition) is 1. The second kappa shape index (κ2) is 4.98. The Morgan fingerprint density at radius 1 is 1.62 bits per heavy atom. The van der Waals surface area contributed by atoms with Gasteiger partial charge in [0.2, 0.25) is 0 Å². The van der Waals surface area contributed by atoms with E-state index in [1.165, 1.54) is 6.20 Å². The zero-order valence-corrected chi connectivity index (χ0v) is 8.96. The van der Waals surface area contributed by atoms with Crippen LogP contribution in [0.3, 0.4) is 0 Å². The lowest BCUT2D eigenvalue weighted by Gasteiger charge is -2.12. The summed E-state index contributed by atoms with van der Waals surface area (Å²) < 4.78 is 29.8. The normalized spacial score (nSPS) is 10.6. The maximum Gasteiger partial charge on any atom is 0.340 e. The topological polar surface area (TPSA) is 65.2 Å². The summed E-state index contributed by atoms with van der Waals surface area (Å²) in [5.74, 6) is -0.841. The number of nitrogens with two attached hydrogens (primary N) is 1. The van der Waals surface area contributed by atoms with Crippen LogP contribution in [0.2, 0.25) is 0 Å². The van der Waals surface area contributed by atoms with Crippen LogP contribution in [0.5, 0.6) is 0 Å². The number of alkyl halides is 2. The lowest BCUT2D eigenvalue weighted by atomic mass is 10.0. The monoisotopic (exact) mass is 230 g/mol. The summed E-state index contributed by atoms with van der Waals surface area (Å²) in [6.45, 7) is 1.63. The second-order valence-corrected chi connectivity index (χ2v) is 3.18. The first kappa shape index (κ1) is 12.5. The Balaban J connectivity index is 3.47. The van der Waals surface area contributed by atoms with Crippen molar-refractivity contribution in [2.45, 2.75) is 19.9 Å². The second-order valence-electron chi connectivity index (χ2n) is 3.18. The van der Waals surface area contributed by atoms with Gasteiger partial charge >= 0.3 is 5.97 Å². The van der Waals surface area contributed by atoms with Gasteiger partial charge in [0.1, 0.15) is 5.69 Å². The standard InChI is InChI=1S/C10H12F2N2O2/c1-5-4-14-8(9(11)12)7(6(5)3-13)10(15)16-2/h4,9H,3,13H2,1-2H3. The fourth-order valence-electron chi connectivity index (χ4n) is 1.42. The highest BCUT2D eigenvalue weighted by atomic mass is 19.3. The Morgan fingerprint density at radius 2 is 2.25 bits per heavy atom. The molecule has 0 radical (unpaired) electrons. The van der Waals surface area contributed by atoms with Crippen LogP contribution in [0, 0.1) is 6.92 Å². The van der Waals surface area contributed by atoms with E-state index in [1.807, 2.05) is 0 Å². The van der Waals surface area contributed by atoms with Gasteiger partial charge in [0, 0.05) is 12.7 Å². The summed E-state index contributed by atoms with van der Waals surface area (Å²) in [7, 11) is 1.13. The number of nitrogens with zero attached hydrogens (tertiary/aromatic N) is 1. The van der Waals surface area contributed by atoms with Crippen molar-refractivity contribution in [3.8, 4) is 0 Å². The van der Waals surface area contributed by atoms with Gasteiger partial charge in [0.25, 0.3) is 6.43 Å². The number of ether oxygens (including phenoxy) is 1. The molecule has 1 rings (SSSR count). The fraction of sp³-hybridized carbons (Fsp3) is 0.400.